The van der Waals surface area contributed by atoms with Gasteiger partial charge in [-0.25, -0.2) is 32.6 Å². The van der Waals surface area contributed by atoms with E-state index >= 15 is 0 Å². The highest BCUT2D eigenvalue weighted by atomic mass is 32.2. The van der Waals surface area contributed by atoms with Gasteiger partial charge in [-0.2, -0.15) is 9.40 Å². The predicted octanol–water partition coefficient (Wildman–Crippen LogP) is 1.03. The molecule has 19 heteroatoms. The lowest BCUT2D eigenvalue weighted by Crippen LogP contribution is -2.47. The molecule has 0 saturated carbocycles. The van der Waals surface area contributed by atoms with Crippen LogP contribution in [0.1, 0.15) is 26.0 Å². The highest BCUT2D eigenvalue weighted by Gasteiger charge is 2.29. The Hall–Kier alpha value is -5.40. The lowest BCUT2D eigenvalue weighted by atomic mass is 10.1. The van der Waals surface area contributed by atoms with E-state index in [9.17, 15) is 32.4 Å². The summed E-state index contributed by atoms with van der Waals surface area (Å²) in [6.07, 6.45) is 3.78. The minimum Gasteiger partial charge on any atom is -0.493 e. The van der Waals surface area contributed by atoms with Crippen LogP contribution in [0.3, 0.4) is 0 Å². The van der Waals surface area contributed by atoms with Gasteiger partial charge in [0, 0.05) is 57.5 Å². The largest absolute Gasteiger partial charge is 0.493 e. The topological polar surface area (TPSA) is 263 Å². The van der Waals surface area contributed by atoms with Gasteiger partial charge in [-0.15, -0.1) is 0 Å². The van der Waals surface area contributed by atoms with Crippen molar-refractivity contribution >= 4 is 44.9 Å². The molecule has 0 radical (unpaired) electrons. The molecule has 5 N–H and O–H groups in total. The van der Waals surface area contributed by atoms with Crippen LogP contribution in [0.15, 0.2) is 52.2 Å². The molecule has 1 aliphatic heterocycles. The molecule has 0 bridgehead atoms. The Morgan fingerprint density at radius 2 is 1.43 bits per heavy atom. The van der Waals surface area contributed by atoms with Gasteiger partial charge in [0.15, 0.2) is 5.52 Å². The first kappa shape index (κ1) is 39.8. The summed E-state index contributed by atoms with van der Waals surface area (Å²) < 4.78 is 35.4. The number of likely N-dealkylation sites (N-methyl/N-ethyl adjacent to an activating group) is 1. The summed E-state index contributed by atoms with van der Waals surface area (Å²) in [5.41, 5.74) is 1.75. The van der Waals surface area contributed by atoms with E-state index in [0.29, 0.717) is 85.9 Å². The van der Waals surface area contributed by atoms with Crippen molar-refractivity contribution in [1.82, 2.24) is 29.0 Å². The summed E-state index contributed by atoms with van der Waals surface area (Å²) >= 11 is 0. The molecule has 0 amide bonds. The first-order chi connectivity index (χ1) is 23.0. The molecular weight excluding hydrogens is 668 g/mol. The molecule has 0 unspecified atom stereocenters. The number of fused-ring (bicyclic) bond motifs is 1. The minimum atomic E-state index is -3.70. The van der Waals surface area contributed by atoms with Gasteiger partial charge in [-0.1, -0.05) is 13.3 Å². The highest BCUT2D eigenvalue weighted by molar-refractivity contribution is 7.89. The third-order valence-electron chi connectivity index (χ3n) is 6.59. The number of carboxylic acids is 4. The predicted molar refractivity (Wildman–Crippen MR) is 175 cm³/mol. The number of aryl methyl sites for hydroxylation is 2. The summed E-state index contributed by atoms with van der Waals surface area (Å²) in [5.74, 6) is -4.31. The second-order valence-corrected chi connectivity index (χ2v) is 12.2. The number of aliphatic carboxylic acids is 4. The normalized spacial score (nSPS) is 13.8. The van der Waals surface area contributed by atoms with E-state index in [1.165, 1.54) is 8.99 Å². The molecule has 266 valence electrons. The van der Waals surface area contributed by atoms with Crippen molar-refractivity contribution in [3.63, 3.8) is 0 Å². The molecule has 1 aliphatic rings. The number of carboxylic acid groups (broad SMARTS) is 4. The number of aromatic amines is 1. The maximum absolute atomic E-state index is 13.3. The van der Waals surface area contributed by atoms with Crippen LogP contribution in [0, 0.1) is 0 Å². The minimum absolute atomic E-state index is 0.147. The number of nitrogens with zero attached hydrogens (tertiary/aromatic N) is 5. The SMILES string of the molecule is CCCc1nn(C)c2c(=O)[nH]c(-c3cc(S(=O)(=O)N4CCN(C)CC4)ccc3OCC)nc12.O=C(O)/C=C/C(=O)O.O=C(O)/C=C/C(=O)O. The Labute approximate surface area is 280 Å². The van der Waals surface area contributed by atoms with E-state index in [0.717, 1.165) is 12.1 Å². The smallest absolute Gasteiger partial charge is 0.328 e. The number of carbonyl (C=O) groups is 4. The van der Waals surface area contributed by atoms with Crippen LogP contribution in [-0.4, -0.2) is 122 Å². The number of nitrogens with one attached hydrogen (secondary N) is 1. The molecule has 1 fully saturated rings. The van der Waals surface area contributed by atoms with Gasteiger partial charge < -0.3 is 35.0 Å². The monoisotopic (exact) mass is 706 g/mol. The van der Waals surface area contributed by atoms with E-state index in [1.807, 2.05) is 20.9 Å². The van der Waals surface area contributed by atoms with Crippen molar-refractivity contribution in [2.45, 2.75) is 31.6 Å². The third-order valence-corrected chi connectivity index (χ3v) is 8.49. The van der Waals surface area contributed by atoms with Gasteiger partial charge in [0.1, 0.15) is 17.1 Å². The molecule has 1 saturated heterocycles. The molecule has 49 heavy (non-hydrogen) atoms. The molecule has 0 atom stereocenters. The average molecular weight is 707 g/mol. The Morgan fingerprint density at radius 3 is 1.90 bits per heavy atom. The first-order valence-electron chi connectivity index (χ1n) is 14.7. The van der Waals surface area contributed by atoms with E-state index in [4.69, 9.17) is 30.1 Å². The number of rotatable bonds is 11. The van der Waals surface area contributed by atoms with E-state index in [2.05, 4.69) is 15.0 Å². The maximum atomic E-state index is 13.3. The Morgan fingerprint density at radius 1 is 0.898 bits per heavy atom. The van der Waals surface area contributed by atoms with Gasteiger partial charge >= 0.3 is 23.9 Å². The van der Waals surface area contributed by atoms with Crippen molar-refractivity contribution in [2.75, 3.05) is 39.8 Å². The second kappa shape index (κ2) is 18.2. The summed E-state index contributed by atoms with van der Waals surface area (Å²) in [6, 6.07) is 4.71. The van der Waals surface area contributed by atoms with Gasteiger partial charge in [0.25, 0.3) is 5.56 Å². The fourth-order valence-electron chi connectivity index (χ4n) is 4.38. The van der Waals surface area contributed by atoms with E-state index < -0.39 is 33.9 Å². The summed E-state index contributed by atoms with van der Waals surface area (Å²) in [4.78, 5) is 60.9. The van der Waals surface area contributed by atoms with Gasteiger partial charge in [0.2, 0.25) is 10.0 Å². The molecule has 3 heterocycles. The van der Waals surface area contributed by atoms with E-state index in [1.54, 1.807) is 25.2 Å². The van der Waals surface area contributed by atoms with Crippen LogP contribution in [0.2, 0.25) is 0 Å². The summed E-state index contributed by atoms with van der Waals surface area (Å²) in [5, 5.41) is 35.7. The molecular formula is C30H38N6O12S. The van der Waals surface area contributed by atoms with Crippen LogP contribution in [-0.2, 0) is 42.7 Å². The summed E-state index contributed by atoms with van der Waals surface area (Å²) in [6.45, 7) is 6.48. The Kier molecular flexibility index (Phi) is 14.8. The lowest BCUT2D eigenvalue weighted by molar-refractivity contribution is -0.134. The molecule has 0 aliphatic carbocycles. The van der Waals surface area contributed by atoms with Crippen molar-refractivity contribution < 1.29 is 52.8 Å². The number of aromatic nitrogens is 4. The average Bonchev–Trinajstić information content (AvgIpc) is 3.35. The zero-order valence-electron chi connectivity index (χ0n) is 27.2. The zero-order valence-corrected chi connectivity index (χ0v) is 28.0. The number of benzene rings is 1. The molecule has 1 aromatic carbocycles. The standard InChI is InChI=1S/C22H30N6O4S.2C4H4O4/c1-5-7-17-19-20(27(4)25-17)22(29)24-21(23-19)16-14-15(8-9-18(16)32-6-2)33(30,31)28-12-10-26(3)11-13-28;2*5-3(6)1-2-4(7)8/h8-9,14H,5-7,10-13H2,1-4H3,(H,23,24,29);2*1-2H,(H,5,6)(H,7,8)/b;2*2-1+. The first-order valence-corrected chi connectivity index (χ1v) is 16.1. The number of sulfonamides is 1. The van der Waals surface area contributed by atoms with Gasteiger partial charge in [-0.3, -0.25) is 9.48 Å². The number of hydrogen-bond donors (Lipinski definition) is 5. The molecule has 0 spiro atoms. The van der Waals surface area contributed by atoms with Crippen molar-refractivity contribution in [1.29, 1.82) is 0 Å². The van der Waals surface area contributed by atoms with Crippen LogP contribution in [0.4, 0.5) is 0 Å². The van der Waals surface area contributed by atoms with Crippen molar-refractivity contribution in [3.8, 4) is 17.1 Å². The molecule has 2 aromatic heterocycles. The third kappa shape index (κ3) is 11.7. The number of hydrogen-bond acceptors (Lipinski definition) is 11. The van der Waals surface area contributed by atoms with Gasteiger partial charge in [0.05, 0.1) is 22.8 Å². The quantitative estimate of drug-likeness (QED) is 0.174. The summed E-state index contributed by atoms with van der Waals surface area (Å²) in [7, 11) is -0.00831. The molecule has 3 aromatic rings. The number of H-pyrrole nitrogens is 1. The lowest BCUT2D eigenvalue weighted by Gasteiger charge is -2.31. The Balaban J connectivity index is 0.000000432. The molecule has 4 rings (SSSR count). The van der Waals surface area contributed by atoms with Crippen LogP contribution in [0.5, 0.6) is 5.75 Å². The van der Waals surface area contributed by atoms with Crippen molar-refractivity contribution in [3.05, 3.63) is 58.6 Å². The van der Waals surface area contributed by atoms with E-state index in [-0.39, 0.29) is 16.3 Å². The number of piperazine rings is 1. The van der Waals surface area contributed by atoms with Crippen molar-refractivity contribution in [2.24, 2.45) is 7.05 Å². The molecule has 18 nitrogen and oxygen atoms in total. The maximum Gasteiger partial charge on any atom is 0.328 e. The van der Waals surface area contributed by atoms with Crippen LogP contribution in [0.25, 0.3) is 22.4 Å². The van der Waals surface area contributed by atoms with Crippen LogP contribution >= 0.6 is 0 Å². The highest BCUT2D eigenvalue weighted by Crippen LogP contribution is 2.32. The Bertz CT molecular complexity index is 1820. The zero-order chi connectivity index (χ0) is 36.9. The van der Waals surface area contributed by atoms with Crippen LogP contribution < -0.4 is 10.3 Å². The fourth-order valence-corrected chi connectivity index (χ4v) is 5.83. The fraction of sp³-hybridized carbons (Fsp3) is 0.367. The van der Waals surface area contributed by atoms with Gasteiger partial charge in [-0.05, 0) is 38.6 Å². The second-order valence-electron chi connectivity index (χ2n) is 10.3. The number of ether oxygens (including phenoxy) is 1.